The van der Waals surface area contributed by atoms with E-state index in [1.54, 1.807) is 36.8 Å². The van der Waals surface area contributed by atoms with Crippen LogP contribution in [-0.4, -0.2) is 22.8 Å². The van der Waals surface area contributed by atoms with Crippen molar-refractivity contribution < 1.29 is 24.2 Å². The molecular weight excluding hydrogens is 391 g/mol. The van der Waals surface area contributed by atoms with Crippen LogP contribution >= 0.6 is 23.2 Å². The number of hydrogen-bond donors (Lipinski definition) is 2. The van der Waals surface area contributed by atoms with Crippen molar-refractivity contribution in [3.63, 3.8) is 0 Å². The maximum Gasteiger partial charge on any atom is 0.341 e. The minimum atomic E-state index is -1.08. The lowest BCUT2D eigenvalue weighted by Gasteiger charge is -2.12. The van der Waals surface area contributed by atoms with Crippen molar-refractivity contribution in [1.82, 2.24) is 0 Å². The first-order chi connectivity index (χ1) is 12.9. The number of carboxylic acid groups (broad SMARTS) is 1. The number of carboxylic acids is 1. The van der Waals surface area contributed by atoms with Gasteiger partial charge in [0.1, 0.15) is 11.5 Å². The van der Waals surface area contributed by atoms with Crippen LogP contribution in [0.25, 0.3) is 0 Å². The topological polar surface area (TPSA) is 79.9 Å². The number of phenolic OH excluding ortho intramolecular Hbond substituents is 1. The highest BCUT2D eigenvalue weighted by molar-refractivity contribution is 6.36. The largest absolute Gasteiger partial charge is 0.508 e. The number of carbonyl (C=O) groups is 1. The summed E-state index contributed by atoms with van der Waals surface area (Å²) >= 11 is 12.6. The summed E-state index contributed by atoms with van der Waals surface area (Å²) in [7, 11) is 0. The molecule has 2 N–H and O–H groups in total. The average Bonchev–Trinajstić information content (AvgIpc) is 3.12. The number of benzene rings is 2. The van der Waals surface area contributed by atoms with Crippen molar-refractivity contribution in [2.75, 3.05) is 6.61 Å². The second kappa shape index (κ2) is 8.37. The van der Waals surface area contributed by atoms with Gasteiger partial charge in [0.2, 0.25) is 0 Å². The number of aliphatic carboxylic acids is 1. The third-order valence-corrected chi connectivity index (χ3v) is 4.65. The Kier molecular flexibility index (Phi) is 5.94. The van der Waals surface area contributed by atoms with E-state index in [1.165, 1.54) is 0 Å². The van der Waals surface area contributed by atoms with Crippen molar-refractivity contribution in [3.8, 4) is 11.5 Å². The summed E-state index contributed by atoms with van der Waals surface area (Å²) in [4.78, 5) is 10.6. The van der Waals surface area contributed by atoms with Crippen LogP contribution in [0.15, 0.2) is 53.3 Å². The van der Waals surface area contributed by atoms with Gasteiger partial charge in [0, 0.05) is 22.9 Å². The van der Waals surface area contributed by atoms with Crippen LogP contribution in [0.1, 0.15) is 22.3 Å². The van der Waals surface area contributed by atoms with Crippen LogP contribution < -0.4 is 4.74 Å². The Morgan fingerprint density at radius 3 is 2.41 bits per heavy atom. The Bertz CT molecular complexity index is 928. The van der Waals surface area contributed by atoms with E-state index in [-0.39, 0.29) is 5.75 Å². The molecule has 0 atom stereocenters. The van der Waals surface area contributed by atoms with Gasteiger partial charge in [-0.05, 0) is 46.5 Å². The fourth-order valence-electron chi connectivity index (χ4n) is 2.68. The molecule has 0 bridgehead atoms. The van der Waals surface area contributed by atoms with E-state index in [1.807, 2.05) is 12.1 Å². The van der Waals surface area contributed by atoms with Crippen molar-refractivity contribution in [2.24, 2.45) is 0 Å². The lowest BCUT2D eigenvalue weighted by Crippen LogP contribution is -2.09. The molecule has 0 aliphatic carbocycles. The summed E-state index contributed by atoms with van der Waals surface area (Å²) in [5.74, 6) is -0.586. The van der Waals surface area contributed by atoms with Crippen LogP contribution in [0, 0.1) is 0 Å². The van der Waals surface area contributed by atoms with Crippen molar-refractivity contribution in [3.05, 3.63) is 81.2 Å². The molecule has 2 aromatic carbocycles. The van der Waals surface area contributed by atoms with Gasteiger partial charge in [-0.1, -0.05) is 35.3 Å². The smallest absolute Gasteiger partial charge is 0.341 e. The van der Waals surface area contributed by atoms with Crippen molar-refractivity contribution >= 4 is 29.2 Å². The summed E-state index contributed by atoms with van der Waals surface area (Å²) in [6, 6.07) is 10.3. The number of ether oxygens (including phenoxy) is 1. The standard InChI is InChI=1S/C20H16Cl2O5/c21-17-8-15(27-11-20(24)25)9-18(22)16(17)7-12-1-2-19(23)14(5-12)6-13-3-4-26-10-13/h1-5,8-10,23H,6-7,11H2,(H,24,25). The van der Waals surface area contributed by atoms with E-state index in [9.17, 15) is 9.90 Å². The molecule has 1 aromatic heterocycles. The van der Waals surface area contributed by atoms with Crippen LogP contribution in [0.5, 0.6) is 11.5 Å². The van der Waals surface area contributed by atoms with E-state index in [0.717, 1.165) is 16.7 Å². The molecular formula is C20H16Cl2O5. The van der Waals surface area contributed by atoms with E-state index in [4.69, 9.17) is 37.5 Å². The molecule has 0 aliphatic rings. The van der Waals surface area contributed by atoms with Gasteiger partial charge in [-0.15, -0.1) is 0 Å². The number of aromatic hydroxyl groups is 1. The summed E-state index contributed by atoms with van der Waals surface area (Å²) in [6.07, 6.45) is 4.22. The van der Waals surface area contributed by atoms with Crippen LogP contribution in [-0.2, 0) is 17.6 Å². The molecule has 0 aliphatic heterocycles. The molecule has 0 saturated heterocycles. The molecule has 0 unspecified atom stereocenters. The van der Waals surface area contributed by atoms with Crippen LogP contribution in [0.3, 0.4) is 0 Å². The molecule has 1 heterocycles. The number of halogens is 2. The molecule has 0 spiro atoms. The maximum absolute atomic E-state index is 10.6. The Morgan fingerprint density at radius 1 is 1.04 bits per heavy atom. The Balaban J connectivity index is 1.81. The van der Waals surface area contributed by atoms with Gasteiger partial charge in [-0.25, -0.2) is 4.79 Å². The molecule has 3 rings (SSSR count). The van der Waals surface area contributed by atoms with Gasteiger partial charge < -0.3 is 19.4 Å². The predicted molar refractivity (Wildman–Crippen MR) is 102 cm³/mol. The number of rotatable bonds is 7. The van der Waals surface area contributed by atoms with Gasteiger partial charge in [-0.2, -0.15) is 0 Å². The monoisotopic (exact) mass is 406 g/mol. The van der Waals surface area contributed by atoms with Crippen LogP contribution in [0.2, 0.25) is 10.0 Å². The summed E-state index contributed by atoms with van der Waals surface area (Å²) in [5.41, 5.74) is 3.34. The summed E-state index contributed by atoms with van der Waals surface area (Å²) in [5, 5.41) is 19.6. The second-order valence-electron chi connectivity index (χ2n) is 6.00. The lowest BCUT2D eigenvalue weighted by atomic mass is 9.99. The predicted octanol–water partition coefficient (Wildman–Crippen LogP) is 4.94. The number of furan rings is 1. The highest BCUT2D eigenvalue weighted by atomic mass is 35.5. The Morgan fingerprint density at radius 2 is 1.78 bits per heavy atom. The molecule has 0 radical (unpaired) electrons. The quantitative estimate of drug-likeness (QED) is 0.580. The Hall–Kier alpha value is -2.63. The lowest BCUT2D eigenvalue weighted by molar-refractivity contribution is -0.139. The van der Waals surface area contributed by atoms with E-state index >= 15 is 0 Å². The van der Waals surface area contributed by atoms with Crippen LogP contribution in [0.4, 0.5) is 0 Å². The third-order valence-electron chi connectivity index (χ3n) is 3.98. The highest BCUT2D eigenvalue weighted by Gasteiger charge is 2.13. The molecule has 3 aromatic rings. The summed E-state index contributed by atoms with van der Waals surface area (Å²) in [6.45, 7) is -0.471. The zero-order chi connectivity index (χ0) is 19.4. The van der Waals surface area contributed by atoms with E-state index < -0.39 is 12.6 Å². The SMILES string of the molecule is O=C(O)COc1cc(Cl)c(Cc2ccc(O)c(Cc3ccoc3)c2)c(Cl)c1. The fraction of sp³-hybridized carbons (Fsp3) is 0.150. The molecule has 5 nitrogen and oxygen atoms in total. The van der Waals surface area contributed by atoms with Gasteiger partial charge in [-0.3, -0.25) is 0 Å². The number of phenols is 1. The normalized spacial score (nSPS) is 10.7. The van der Waals surface area contributed by atoms with Gasteiger partial charge in [0.15, 0.2) is 6.61 Å². The molecule has 7 heteroatoms. The van der Waals surface area contributed by atoms with E-state index in [0.29, 0.717) is 34.2 Å². The highest BCUT2D eigenvalue weighted by Crippen LogP contribution is 2.33. The first-order valence-corrected chi connectivity index (χ1v) is 8.82. The van der Waals surface area contributed by atoms with Gasteiger partial charge in [0.25, 0.3) is 0 Å². The summed E-state index contributed by atoms with van der Waals surface area (Å²) < 4.78 is 10.2. The molecule has 140 valence electrons. The first-order valence-electron chi connectivity index (χ1n) is 8.06. The molecule has 0 fully saturated rings. The third kappa shape index (κ3) is 4.96. The first kappa shape index (κ1) is 19.1. The molecule has 0 amide bonds. The average molecular weight is 407 g/mol. The number of hydrogen-bond acceptors (Lipinski definition) is 4. The van der Waals surface area contributed by atoms with E-state index in [2.05, 4.69) is 0 Å². The zero-order valence-corrected chi connectivity index (χ0v) is 15.6. The fourth-order valence-corrected chi connectivity index (χ4v) is 3.29. The zero-order valence-electron chi connectivity index (χ0n) is 14.1. The van der Waals surface area contributed by atoms with Gasteiger partial charge in [0.05, 0.1) is 12.5 Å². The minimum absolute atomic E-state index is 0.203. The second-order valence-corrected chi connectivity index (χ2v) is 6.81. The maximum atomic E-state index is 10.6. The van der Waals surface area contributed by atoms with Crippen molar-refractivity contribution in [2.45, 2.75) is 12.8 Å². The Labute approximate surface area is 165 Å². The molecule has 27 heavy (non-hydrogen) atoms. The van der Waals surface area contributed by atoms with Gasteiger partial charge >= 0.3 is 5.97 Å². The minimum Gasteiger partial charge on any atom is -0.508 e. The molecule has 0 saturated carbocycles. The van der Waals surface area contributed by atoms with Crippen molar-refractivity contribution in [1.29, 1.82) is 0 Å².